The summed E-state index contributed by atoms with van der Waals surface area (Å²) in [6.07, 6.45) is 0. The third-order valence-corrected chi connectivity index (χ3v) is 12.8. The third kappa shape index (κ3) is 6.42. The van der Waals surface area contributed by atoms with Crippen LogP contribution >= 0.6 is 0 Å². The van der Waals surface area contributed by atoms with E-state index in [1.54, 1.807) is 0 Å². The van der Waals surface area contributed by atoms with Gasteiger partial charge in [-0.1, -0.05) is 206 Å². The molecule has 0 atom stereocenters. The highest BCUT2D eigenvalue weighted by Crippen LogP contribution is 2.47. The predicted octanol–water partition coefficient (Wildman–Crippen LogP) is 17.6. The molecule has 12 aromatic carbocycles. The molecule has 12 rings (SSSR count). The van der Waals surface area contributed by atoms with E-state index < -0.39 is 0 Å². The predicted molar refractivity (Wildman–Crippen MR) is 270 cm³/mol. The normalized spacial score (nSPS) is 11.5. The maximum absolute atomic E-state index is 2.44. The van der Waals surface area contributed by atoms with Crippen molar-refractivity contribution in [3.05, 3.63) is 249 Å². The van der Waals surface area contributed by atoms with Crippen LogP contribution in [0.1, 0.15) is 0 Å². The molecular weight excluding hydrogens is 759 g/mol. The first-order valence-electron chi connectivity index (χ1n) is 21.7. The largest absolute Gasteiger partial charge is 0.310 e. The van der Waals surface area contributed by atoms with Crippen molar-refractivity contribution in [1.29, 1.82) is 0 Å². The molecule has 0 aliphatic rings. The second kappa shape index (κ2) is 15.3. The fourth-order valence-electron chi connectivity index (χ4n) is 9.82. The highest BCUT2D eigenvalue weighted by atomic mass is 15.1. The molecule has 0 radical (unpaired) electrons. The van der Waals surface area contributed by atoms with E-state index in [1.807, 2.05) is 0 Å². The second-order valence-corrected chi connectivity index (χ2v) is 16.4. The van der Waals surface area contributed by atoms with E-state index in [2.05, 4.69) is 254 Å². The van der Waals surface area contributed by atoms with Crippen LogP contribution in [0.15, 0.2) is 249 Å². The molecule has 294 valence electrons. The van der Waals surface area contributed by atoms with E-state index in [9.17, 15) is 0 Å². The Morgan fingerprint density at radius 2 is 0.698 bits per heavy atom. The molecular formula is C62H41N. The first-order valence-corrected chi connectivity index (χ1v) is 21.7. The van der Waals surface area contributed by atoms with Gasteiger partial charge in [-0.3, -0.25) is 0 Å². The molecule has 0 N–H and O–H groups in total. The molecule has 0 unspecified atom stereocenters. The zero-order valence-corrected chi connectivity index (χ0v) is 34.6. The minimum absolute atomic E-state index is 1.10. The number of hydrogen-bond acceptors (Lipinski definition) is 1. The smallest absolute Gasteiger partial charge is 0.0546 e. The number of rotatable bonds is 7. The molecule has 0 heterocycles. The van der Waals surface area contributed by atoms with Crippen LogP contribution in [0.4, 0.5) is 17.1 Å². The van der Waals surface area contributed by atoms with Gasteiger partial charge in [0, 0.05) is 16.8 Å². The Labute approximate surface area is 367 Å². The van der Waals surface area contributed by atoms with E-state index in [4.69, 9.17) is 0 Å². The first kappa shape index (κ1) is 36.6. The molecule has 12 aromatic rings. The molecule has 0 amide bonds. The maximum atomic E-state index is 2.44. The summed E-state index contributed by atoms with van der Waals surface area (Å²) < 4.78 is 0. The van der Waals surface area contributed by atoms with Crippen LogP contribution in [0.2, 0.25) is 0 Å². The van der Waals surface area contributed by atoms with Gasteiger partial charge in [0.1, 0.15) is 0 Å². The third-order valence-electron chi connectivity index (χ3n) is 12.8. The van der Waals surface area contributed by atoms with Gasteiger partial charge in [0.2, 0.25) is 0 Å². The summed E-state index contributed by atoms with van der Waals surface area (Å²) in [6, 6.07) is 91.1. The molecule has 0 spiro atoms. The van der Waals surface area contributed by atoms with Gasteiger partial charge in [-0.15, -0.1) is 0 Å². The molecule has 0 saturated carbocycles. The zero-order valence-electron chi connectivity index (χ0n) is 34.6. The van der Waals surface area contributed by atoms with Crippen molar-refractivity contribution in [1.82, 2.24) is 0 Å². The average Bonchev–Trinajstić information content (AvgIpc) is 3.36. The Bertz CT molecular complexity index is 3660. The quantitative estimate of drug-likeness (QED) is 0.145. The first-order chi connectivity index (χ1) is 31.2. The number of benzene rings is 12. The van der Waals surface area contributed by atoms with Crippen LogP contribution in [-0.4, -0.2) is 0 Å². The standard InChI is InChI=1S/C62H41N/c1-3-17-44(18-4-1)61-58-29-14-12-27-55(58)56-37-34-49(40-59(56)62(61)45-19-5-2-6-20-45)43-32-35-51(36-33-43)63(60-41-50-22-9-10-25-53(50)54-26-11-13-28-57(54)60)52-24-15-23-47(39-52)48-31-30-42-16-7-8-21-46(42)38-48/h1-41H. The Hall–Kier alpha value is -8.26. The SMILES string of the molecule is c1ccc(-c2c(-c3ccccc3)c3cc(-c4ccc(N(c5cccc(-c6ccc7ccccc7c6)c5)c5cc6ccccc6c6ccccc56)cc4)ccc3c3ccccc23)cc1. The lowest BCUT2D eigenvalue weighted by Crippen LogP contribution is -2.10. The van der Waals surface area contributed by atoms with E-state index in [0.717, 1.165) is 17.1 Å². The lowest BCUT2D eigenvalue weighted by atomic mass is 9.84. The molecule has 0 fully saturated rings. The van der Waals surface area contributed by atoms with Crippen LogP contribution in [0, 0.1) is 0 Å². The van der Waals surface area contributed by atoms with Crippen molar-refractivity contribution in [3.8, 4) is 44.5 Å². The van der Waals surface area contributed by atoms with Gasteiger partial charge in [0.05, 0.1) is 5.69 Å². The fraction of sp³-hybridized carbons (Fsp3) is 0. The van der Waals surface area contributed by atoms with Gasteiger partial charge in [-0.25, -0.2) is 0 Å². The second-order valence-electron chi connectivity index (χ2n) is 16.4. The van der Waals surface area contributed by atoms with Crippen molar-refractivity contribution in [2.75, 3.05) is 4.90 Å². The Morgan fingerprint density at radius 3 is 1.43 bits per heavy atom. The lowest BCUT2D eigenvalue weighted by Gasteiger charge is -2.28. The highest BCUT2D eigenvalue weighted by Gasteiger charge is 2.20. The summed E-state index contributed by atoms with van der Waals surface area (Å²) in [6.45, 7) is 0. The van der Waals surface area contributed by atoms with E-state index >= 15 is 0 Å². The van der Waals surface area contributed by atoms with E-state index in [0.29, 0.717) is 0 Å². The van der Waals surface area contributed by atoms with Crippen molar-refractivity contribution < 1.29 is 0 Å². The molecule has 0 bridgehead atoms. The van der Waals surface area contributed by atoms with Gasteiger partial charge in [0.15, 0.2) is 0 Å². The fourth-order valence-corrected chi connectivity index (χ4v) is 9.82. The van der Waals surface area contributed by atoms with Crippen molar-refractivity contribution in [2.24, 2.45) is 0 Å². The summed E-state index contributed by atoms with van der Waals surface area (Å²) in [5, 5.41) is 12.4. The van der Waals surface area contributed by atoms with Crippen LogP contribution < -0.4 is 4.90 Å². The highest BCUT2D eigenvalue weighted by molar-refractivity contribution is 6.22. The Morgan fingerprint density at radius 1 is 0.206 bits per heavy atom. The van der Waals surface area contributed by atoms with Crippen LogP contribution in [0.5, 0.6) is 0 Å². The van der Waals surface area contributed by atoms with E-state index in [1.165, 1.54) is 98.4 Å². The molecule has 0 aliphatic carbocycles. The molecule has 1 heteroatoms. The van der Waals surface area contributed by atoms with Gasteiger partial charge < -0.3 is 4.90 Å². The number of hydrogen-bond donors (Lipinski definition) is 0. The minimum atomic E-state index is 1.10. The summed E-state index contributed by atoms with van der Waals surface area (Å²) >= 11 is 0. The average molecular weight is 800 g/mol. The van der Waals surface area contributed by atoms with Crippen molar-refractivity contribution >= 4 is 70.9 Å². The van der Waals surface area contributed by atoms with E-state index in [-0.39, 0.29) is 0 Å². The summed E-state index contributed by atoms with van der Waals surface area (Å²) in [5.74, 6) is 0. The number of nitrogens with zero attached hydrogens (tertiary/aromatic N) is 1. The molecule has 1 nitrogen and oxygen atoms in total. The molecule has 0 aliphatic heterocycles. The van der Waals surface area contributed by atoms with Crippen LogP contribution in [-0.2, 0) is 0 Å². The summed E-state index contributed by atoms with van der Waals surface area (Å²) in [4.78, 5) is 2.44. The molecule has 0 aromatic heterocycles. The van der Waals surface area contributed by atoms with Gasteiger partial charge in [-0.05, 0) is 135 Å². The lowest BCUT2D eigenvalue weighted by molar-refractivity contribution is 1.30. The summed E-state index contributed by atoms with van der Waals surface area (Å²) in [5.41, 5.74) is 13.0. The Balaban J connectivity index is 1.04. The zero-order chi connectivity index (χ0) is 41.7. The van der Waals surface area contributed by atoms with Crippen molar-refractivity contribution in [2.45, 2.75) is 0 Å². The topological polar surface area (TPSA) is 3.24 Å². The number of fused-ring (bicyclic) bond motifs is 7. The van der Waals surface area contributed by atoms with Crippen molar-refractivity contribution in [3.63, 3.8) is 0 Å². The molecule has 63 heavy (non-hydrogen) atoms. The van der Waals surface area contributed by atoms with Gasteiger partial charge in [0.25, 0.3) is 0 Å². The van der Waals surface area contributed by atoms with Crippen LogP contribution in [0.3, 0.4) is 0 Å². The number of anilines is 3. The maximum Gasteiger partial charge on any atom is 0.0546 e. The summed E-state index contributed by atoms with van der Waals surface area (Å²) in [7, 11) is 0. The van der Waals surface area contributed by atoms with Crippen LogP contribution in [0.25, 0.3) is 98.4 Å². The monoisotopic (exact) mass is 799 g/mol. The minimum Gasteiger partial charge on any atom is -0.310 e. The Kier molecular flexibility index (Phi) is 8.90. The molecule has 0 saturated heterocycles. The van der Waals surface area contributed by atoms with Gasteiger partial charge in [-0.2, -0.15) is 0 Å². The van der Waals surface area contributed by atoms with Gasteiger partial charge >= 0.3 is 0 Å².